The van der Waals surface area contributed by atoms with Gasteiger partial charge in [0.25, 0.3) is 0 Å². The summed E-state index contributed by atoms with van der Waals surface area (Å²) >= 11 is 6.12. The molecule has 1 aliphatic heterocycles. The molecule has 0 amide bonds. The molecular formula is C14H20ClN3. The van der Waals surface area contributed by atoms with Crippen molar-refractivity contribution < 1.29 is 0 Å². The maximum atomic E-state index is 6.24. The van der Waals surface area contributed by atoms with Gasteiger partial charge < -0.3 is 5.73 Å². The Labute approximate surface area is 113 Å². The van der Waals surface area contributed by atoms with Crippen molar-refractivity contribution in [3.63, 3.8) is 0 Å². The third-order valence-corrected chi connectivity index (χ3v) is 4.80. The molecule has 3 unspecified atom stereocenters. The minimum absolute atomic E-state index is 0.401. The molecule has 3 nitrogen and oxygen atoms in total. The lowest BCUT2D eigenvalue weighted by Gasteiger charge is -2.29. The number of fused-ring (bicyclic) bond motifs is 1. The van der Waals surface area contributed by atoms with Crippen molar-refractivity contribution in [1.29, 1.82) is 0 Å². The van der Waals surface area contributed by atoms with E-state index in [0.29, 0.717) is 17.1 Å². The molecule has 2 N–H and O–H groups in total. The van der Waals surface area contributed by atoms with Crippen LogP contribution in [0.2, 0.25) is 5.15 Å². The highest BCUT2D eigenvalue weighted by atomic mass is 35.5. The van der Waals surface area contributed by atoms with E-state index in [1.807, 2.05) is 6.07 Å². The van der Waals surface area contributed by atoms with Gasteiger partial charge in [0.1, 0.15) is 5.15 Å². The lowest BCUT2D eigenvalue weighted by atomic mass is 9.78. The fourth-order valence-corrected chi connectivity index (χ4v) is 3.70. The van der Waals surface area contributed by atoms with Crippen LogP contribution in [0.5, 0.6) is 0 Å². The van der Waals surface area contributed by atoms with Gasteiger partial charge in [-0.25, -0.2) is 4.98 Å². The van der Waals surface area contributed by atoms with Gasteiger partial charge in [-0.3, -0.25) is 4.90 Å². The molecule has 1 aromatic rings. The van der Waals surface area contributed by atoms with Gasteiger partial charge in [0.05, 0.1) is 0 Å². The number of hydrogen-bond acceptors (Lipinski definition) is 3. The molecule has 0 aromatic carbocycles. The number of pyridine rings is 1. The average Bonchev–Trinajstić information content (AvgIpc) is 2.76. The van der Waals surface area contributed by atoms with Gasteiger partial charge in [-0.2, -0.15) is 0 Å². The van der Waals surface area contributed by atoms with Crippen LogP contribution in [0.1, 0.15) is 24.8 Å². The highest BCUT2D eigenvalue weighted by Crippen LogP contribution is 2.36. The van der Waals surface area contributed by atoms with E-state index in [2.05, 4.69) is 16.0 Å². The molecule has 18 heavy (non-hydrogen) atoms. The normalized spacial score (nSPS) is 32.4. The Balaban J connectivity index is 1.67. The van der Waals surface area contributed by atoms with E-state index < -0.39 is 0 Å². The van der Waals surface area contributed by atoms with E-state index in [0.717, 1.165) is 24.6 Å². The molecule has 0 radical (unpaired) electrons. The van der Waals surface area contributed by atoms with Crippen molar-refractivity contribution >= 4 is 11.6 Å². The maximum Gasteiger partial charge on any atom is 0.133 e. The van der Waals surface area contributed by atoms with Crippen molar-refractivity contribution in [3.05, 3.63) is 29.0 Å². The third kappa shape index (κ3) is 2.40. The zero-order valence-corrected chi connectivity index (χ0v) is 11.3. The summed E-state index contributed by atoms with van der Waals surface area (Å²) < 4.78 is 0. The molecule has 1 aliphatic carbocycles. The highest BCUT2D eigenvalue weighted by Gasteiger charge is 2.38. The van der Waals surface area contributed by atoms with Crippen LogP contribution in [-0.2, 0) is 6.54 Å². The van der Waals surface area contributed by atoms with E-state index in [1.54, 1.807) is 6.20 Å². The number of nitrogens with two attached hydrogens (primary N) is 1. The van der Waals surface area contributed by atoms with Crippen molar-refractivity contribution in [3.8, 4) is 0 Å². The van der Waals surface area contributed by atoms with Crippen LogP contribution in [0.15, 0.2) is 18.3 Å². The standard InChI is InChI=1S/C14H20ClN3/c15-14-11(4-2-6-17-14)8-18-7-10-3-1-5-13(16)12(10)9-18/h2,4,6,10,12-13H,1,3,5,7-9,16H2. The van der Waals surface area contributed by atoms with Crippen molar-refractivity contribution in [1.82, 2.24) is 9.88 Å². The Morgan fingerprint density at radius 1 is 1.39 bits per heavy atom. The summed E-state index contributed by atoms with van der Waals surface area (Å²) in [6, 6.07) is 4.42. The summed E-state index contributed by atoms with van der Waals surface area (Å²) in [4.78, 5) is 6.63. The van der Waals surface area contributed by atoms with Gasteiger partial charge in [-0.1, -0.05) is 24.1 Å². The zero-order valence-electron chi connectivity index (χ0n) is 10.6. The average molecular weight is 266 g/mol. The molecule has 3 rings (SSSR count). The molecule has 2 aliphatic rings. The SMILES string of the molecule is NC1CCCC2CN(Cc3cccnc3Cl)CC12. The number of aromatic nitrogens is 1. The minimum Gasteiger partial charge on any atom is -0.327 e. The van der Waals surface area contributed by atoms with Crippen molar-refractivity contribution in [2.24, 2.45) is 17.6 Å². The number of nitrogens with zero attached hydrogens (tertiary/aromatic N) is 2. The Morgan fingerprint density at radius 2 is 2.28 bits per heavy atom. The van der Waals surface area contributed by atoms with Gasteiger partial charge in [0, 0.05) is 37.4 Å². The van der Waals surface area contributed by atoms with E-state index in [9.17, 15) is 0 Å². The van der Waals surface area contributed by atoms with Crippen LogP contribution >= 0.6 is 11.6 Å². The topological polar surface area (TPSA) is 42.1 Å². The second-order valence-corrected chi connectivity index (χ2v) is 6.02. The van der Waals surface area contributed by atoms with E-state index in [4.69, 9.17) is 17.3 Å². The van der Waals surface area contributed by atoms with E-state index in [1.165, 1.54) is 25.8 Å². The van der Waals surface area contributed by atoms with E-state index in [-0.39, 0.29) is 0 Å². The lowest BCUT2D eigenvalue weighted by molar-refractivity contribution is 0.259. The van der Waals surface area contributed by atoms with Gasteiger partial charge in [-0.15, -0.1) is 0 Å². The third-order valence-electron chi connectivity index (χ3n) is 4.46. The quantitative estimate of drug-likeness (QED) is 0.835. The number of rotatable bonds is 2. The Kier molecular flexibility index (Phi) is 3.55. The van der Waals surface area contributed by atoms with Gasteiger partial charge in [0.15, 0.2) is 0 Å². The van der Waals surface area contributed by atoms with Crippen LogP contribution < -0.4 is 5.73 Å². The fourth-order valence-electron chi connectivity index (χ4n) is 3.52. The molecule has 3 atom stereocenters. The first-order valence-electron chi connectivity index (χ1n) is 6.81. The number of hydrogen-bond donors (Lipinski definition) is 1. The lowest BCUT2D eigenvalue weighted by Crippen LogP contribution is -2.38. The molecule has 1 saturated heterocycles. The predicted octanol–water partition coefficient (Wildman–Crippen LogP) is 2.29. The second kappa shape index (κ2) is 5.16. The van der Waals surface area contributed by atoms with Crippen LogP contribution in [0.3, 0.4) is 0 Å². The Hall–Kier alpha value is -0.640. The maximum absolute atomic E-state index is 6.24. The largest absolute Gasteiger partial charge is 0.327 e. The summed E-state index contributed by atoms with van der Waals surface area (Å²) in [5, 5.41) is 0.636. The second-order valence-electron chi connectivity index (χ2n) is 5.67. The van der Waals surface area contributed by atoms with E-state index >= 15 is 0 Å². The molecule has 2 heterocycles. The summed E-state index contributed by atoms with van der Waals surface area (Å²) in [5.41, 5.74) is 7.37. The van der Waals surface area contributed by atoms with Crippen molar-refractivity contribution in [2.45, 2.75) is 31.8 Å². The first kappa shape index (κ1) is 12.4. The molecule has 0 spiro atoms. The summed E-state index contributed by atoms with van der Waals surface area (Å²) in [5.74, 6) is 1.48. The highest BCUT2D eigenvalue weighted by molar-refractivity contribution is 6.30. The summed E-state index contributed by atoms with van der Waals surface area (Å²) in [6.45, 7) is 3.20. The fraction of sp³-hybridized carbons (Fsp3) is 0.643. The summed E-state index contributed by atoms with van der Waals surface area (Å²) in [7, 11) is 0. The Bertz CT molecular complexity index is 423. The number of halogens is 1. The van der Waals surface area contributed by atoms with Gasteiger partial charge in [0.2, 0.25) is 0 Å². The van der Waals surface area contributed by atoms with Gasteiger partial charge in [-0.05, 0) is 30.7 Å². The zero-order chi connectivity index (χ0) is 12.5. The first-order chi connectivity index (χ1) is 8.74. The van der Waals surface area contributed by atoms with Crippen LogP contribution in [0.25, 0.3) is 0 Å². The first-order valence-corrected chi connectivity index (χ1v) is 7.19. The summed E-state index contributed by atoms with van der Waals surface area (Å²) in [6.07, 6.45) is 5.58. The Morgan fingerprint density at radius 3 is 3.06 bits per heavy atom. The molecule has 2 fully saturated rings. The van der Waals surface area contributed by atoms with Crippen molar-refractivity contribution in [2.75, 3.05) is 13.1 Å². The minimum atomic E-state index is 0.401. The van der Waals surface area contributed by atoms with Gasteiger partial charge >= 0.3 is 0 Å². The molecule has 1 aromatic heterocycles. The molecule has 98 valence electrons. The van der Waals surface area contributed by atoms with Crippen LogP contribution in [0.4, 0.5) is 0 Å². The van der Waals surface area contributed by atoms with Crippen LogP contribution in [-0.4, -0.2) is 29.0 Å². The predicted molar refractivity (Wildman–Crippen MR) is 73.3 cm³/mol. The van der Waals surface area contributed by atoms with Crippen LogP contribution in [0, 0.1) is 11.8 Å². The molecular weight excluding hydrogens is 246 g/mol. The molecule has 0 bridgehead atoms. The molecule has 1 saturated carbocycles. The smallest absolute Gasteiger partial charge is 0.133 e. The number of likely N-dealkylation sites (tertiary alicyclic amines) is 1. The molecule has 4 heteroatoms. The monoisotopic (exact) mass is 265 g/mol.